The van der Waals surface area contributed by atoms with Crippen LogP contribution in [0.2, 0.25) is 0 Å². The van der Waals surface area contributed by atoms with Gasteiger partial charge in [0.05, 0.1) is 10.0 Å². The van der Waals surface area contributed by atoms with Crippen LogP contribution in [0.4, 0.5) is 4.39 Å². The molecule has 0 unspecified atom stereocenters. The van der Waals surface area contributed by atoms with Gasteiger partial charge in [-0.3, -0.25) is 4.79 Å². The highest BCUT2D eigenvalue weighted by molar-refractivity contribution is 9.10. The summed E-state index contributed by atoms with van der Waals surface area (Å²) in [6.45, 7) is 5.49. The Morgan fingerprint density at radius 2 is 2.15 bits per heavy atom. The van der Waals surface area contributed by atoms with E-state index in [0.29, 0.717) is 23.5 Å². The molecule has 1 aromatic carbocycles. The number of hydrogen-bond donors (Lipinski definition) is 1. The fourth-order valence-corrected chi connectivity index (χ4v) is 2.89. The number of rotatable bonds is 4. The molecule has 1 aliphatic heterocycles. The molecule has 1 saturated heterocycles. The third-order valence-electron chi connectivity index (χ3n) is 3.77. The van der Waals surface area contributed by atoms with Crippen molar-refractivity contribution in [3.05, 3.63) is 34.1 Å². The second kappa shape index (κ2) is 7.18. The molecule has 20 heavy (non-hydrogen) atoms. The van der Waals surface area contributed by atoms with E-state index in [0.717, 1.165) is 25.9 Å². The van der Waals surface area contributed by atoms with E-state index in [4.69, 9.17) is 0 Å². The number of hydrogen-bond acceptors (Lipinski definition) is 2. The molecule has 1 fully saturated rings. The Kier molecular flexibility index (Phi) is 5.54. The molecule has 0 saturated carbocycles. The highest BCUT2D eigenvalue weighted by Crippen LogP contribution is 2.23. The molecule has 0 aliphatic carbocycles. The van der Waals surface area contributed by atoms with Gasteiger partial charge in [-0.25, -0.2) is 4.39 Å². The van der Waals surface area contributed by atoms with Crippen molar-refractivity contribution >= 4 is 21.8 Å². The summed E-state index contributed by atoms with van der Waals surface area (Å²) in [5.74, 6) is -0.0515. The second-order valence-corrected chi connectivity index (χ2v) is 6.00. The predicted octanol–water partition coefficient (Wildman–Crippen LogP) is 3.05. The number of benzene rings is 1. The van der Waals surface area contributed by atoms with Crippen molar-refractivity contribution in [2.24, 2.45) is 5.92 Å². The fourth-order valence-electron chi connectivity index (χ4n) is 2.53. The van der Waals surface area contributed by atoms with Gasteiger partial charge in [0, 0.05) is 13.1 Å². The van der Waals surface area contributed by atoms with Crippen LogP contribution in [0.1, 0.15) is 30.1 Å². The van der Waals surface area contributed by atoms with Crippen LogP contribution in [-0.4, -0.2) is 37.0 Å². The number of nitrogens with zero attached hydrogens (tertiary/aromatic N) is 1. The molecule has 3 nitrogen and oxygen atoms in total. The Bertz CT molecular complexity index is 473. The van der Waals surface area contributed by atoms with Crippen molar-refractivity contribution < 1.29 is 9.18 Å². The molecule has 0 atom stereocenters. The zero-order valence-corrected chi connectivity index (χ0v) is 13.2. The maximum Gasteiger partial charge on any atom is 0.256 e. The number of carbonyl (C=O) groups excluding carboxylic acids is 1. The molecule has 1 amide bonds. The van der Waals surface area contributed by atoms with E-state index in [2.05, 4.69) is 28.2 Å². The van der Waals surface area contributed by atoms with Crippen LogP contribution >= 0.6 is 15.9 Å². The monoisotopic (exact) mass is 342 g/mol. The Morgan fingerprint density at radius 1 is 1.45 bits per heavy atom. The molecule has 0 radical (unpaired) electrons. The predicted molar refractivity (Wildman–Crippen MR) is 81.3 cm³/mol. The smallest absolute Gasteiger partial charge is 0.256 e. The maximum absolute atomic E-state index is 13.9. The van der Waals surface area contributed by atoms with E-state index in [-0.39, 0.29) is 11.5 Å². The summed E-state index contributed by atoms with van der Waals surface area (Å²) in [6, 6.07) is 4.85. The summed E-state index contributed by atoms with van der Waals surface area (Å²) >= 11 is 3.12. The van der Waals surface area contributed by atoms with Crippen LogP contribution < -0.4 is 5.32 Å². The van der Waals surface area contributed by atoms with Gasteiger partial charge < -0.3 is 10.2 Å². The van der Waals surface area contributed by atoms with Gasteiger partial charge in [0.1, 0.15) is 5.82 Å². The number of carbonyl (C=O) groups is 1. The summed E-state index contributed by atoms with van der Waals surface area (Å²) in [4.78, 5) is 14.1. The summed E-state index contributed by atoms with van der Waals surface area (Å²) < 4.78 is 14.3. The molecule has 0 spiro atoms. The first-order valence-electron chi connectivity index (χ1n) is 7.07. The van der Waals surface area contributed by atoms with E-state index >= 15 is 0 Å². The van der Waals surface area contributed by atoms with E-state index in [1.807, 2.05) is 0 Å². The van der Waals surface area contributed by atoms with Crippen LogP contribution in [0.25, 0.3) is 0 Å². The molecule has 1 N–H and O–H groups in total. The Hall–Kier alpha value is -0.940. The van der Waals surface area contributed by atoms with E-state index < -0.39 is 5.82 Å². The quantitative estimate of drug-likeness (QED) is 0.911. The molecule has 2 rings (SSSR count). The van der Waals surface area contributed by atoms with Crippen molar-refractivity contribution in [2.45, 2.75) is 19.8 Å². The molecule has 0 aromatic heterocycles. The topological polar surface area (TPSA) is 32.3 Å². The standard InChI is InChI=1S/C15H20BrFN2O/c1-2-18-10-11-6-8-19(9-7-11)15(20)12-4-3-5-13(16)14(12)17/h3-5,11,18H,2,6-10H2,1H3. The van der Waals surface area contributed by atoms with Crippen molar-refractivity contribution in [1.82, 2.24) is 10.2 Å². The second-order valence-electron chi connectivity index (χ2n) is 5.14. The third-order valence-corrected chi connectivity index (χ3v) is 4.38. The minimum Gasteiger partial charge on any atom is -0.339 e. The van der Waals surface area contributed by atoms with Gasteiger partial charge in [-0.15, -0.1) is 0 Å². The van der Waals surface area contributed by atoms with E-state index in [1.54, 1.807) is 23.1 Å². The van der Waals surface area contributed by atoms with Gasteiger partial charge in [-0.1, -0.05) is 13.0 Å². The number of halogens is 2. The lowest BCUT2D eigenvalue weighted by Gasteiger charge is -2.32. The van der Waals surface area contributed by atoms with Gasteiger partial charge in [0.25, 0.3) is 5.91 Å². The lowest BCUT2D eigenvalue weighted by atomic mass is 9.96. The molecular formula is C15H20BrFN2O. The molecule has 0 bridgehead atoms. The first kappa shape index (κ1) is 15.4. The first-order valence-corrected chi connectivity index (χ1v) is 7.86. The van der Waals surface area contributed by atoms with Gasteiger partial charge in [0.15, 0.2) is 0 Å². The van der Waals surface area contributed by atoms with Crippen LogP contribution in [-0.2, 0) is 0 Å². The zero-order valence-electron chi connectivity index (χ0n) is 11.7. The number of likely N-dealkylation sites (tertiary alicyclic amines) is 1. The highest BCUT2D eigenvalue weighted by Gasteiger charge is 2.25. The van der Waals surface area contributed by atoms with Gasteiger partial charge in [-0.2, -0.15) is 0 Å². The average Bonchev–Trinajstić information content (AvgIpc) is 2.48. The summed E-state index contributed by atoms with van der Waals surface area (Å²) in [7, 11) is 0. The Balaban J connectivity index is 1.96. The third kappa shape index (κ3) is 3.58. The van der Waals surface area contributed by atoms with Crippen LogP contribution in [0.15, 0.2) is 22.7 Å². The minimum atomic E-state index is -0.465. The molecular weight excluding hydrogens is 323 g/mol. The summed E-state index contributed by atoms with van der Waals surface area (Å²) in [5.41, 5.74) is 0.157. The lowest BCUT2D eigenvalue weighted by molar-refractivity contribution is 0.0685. The van der Waals surface area contributed by atoms with Crippen molar-refractivity contribution in [2.75, 3.05) is 26.2 Å². The molecule has 1 aromatic rings. The zero-order chi connectivity index (χ0) is 14.5. The summed E-state index contributed by atoms with van der Waals surface area (Å²) in [5, 5.41) is 3.34. The number of amides is 1. The average molecular weight is 343 g/mol. The fraction of sp³-hybridized carbons (Fsp3) is 0.533. The van der Waals surface area contributed by atoms with Crippen molar-refractivity contribution in [3.63, 3.8) is 0 Å². The van der Waals surface area contributed by atoms with Crippen LogP contribution in [0, 0.1) is 11.7 Å². The van der Waals surface area contributed by atoms with Gasteiger partial charge in [-0.05, 0) is 59.9 Å². The molecule has 1 heterocycles. The number of nitrogens with one attached hydrogen (secondary N) is 1. The highest BCUT2D eigenvalue weighted by atomic mass is 79.9. The van der Waals surface area contributed by atoms with Gasteiger partial charge >= 0.3 is 0 Å². The van der Waals surface area contributed by atoms with E-state index in [1.165, 1.54) is 0 Å². The van der Waals surface area contributed by atoms with Crippen molar-refractivity contribution in [1.29, 1.82) is 0 Å². The molecule has 5 heteroatoms. The summed E-state index contributed by atoms with van der Waals surface area (Å²) in [6.07, 6.45) is 1.96. The molecule has 1 aliphatic rings. The van der Waals surface area contributed by atoms with E-state index in [9.17, 15) is 9.18 Å². The normalized spacial score (nSPS) is 16.4. The first-order chi connectivity index (χ1) is 9.63. The Labute approximate surface area is 127 Å². The van der Waals surface area contributed by atoms with Gasteiger partial charge in [0.2, 0.25) is 0 Å². The number of piperidine rings is 1. The lowest BCUT2D eigenvalue weighted by Crippen LogP contribution is -2.41. The molecule has 110 valence electrons. The SMILES string of the molecule is CCNCC1CCN(C(=O)c2cccc(Br)c2F)CC1. The Morgan fingerprint density at radius 3 is 2.80 bits per heavy atom. The van der Waals surface area contributed by atoms with Crippen LogP contribution in [0.5, 0.6) is 0 Å². The largest absolute Gasteiger partial charge is 0.339 e. The minimum absolute atomic E-state index is 0.157. The maximum atomic E-state index is 13.9. The van der Waals surface area contributed by atoms with Crippen LogP contribution in [0.3, 0.4) is 0 Å². The van der Waals surface area contributed by atoms with Crippen molar-refractivity contribution in [3.8, 4) is 0 Å².